The zero-order chi connectivity index (χ0) is 19.5. The molecule has 3 N–H and O–H groups in total. The SMILES string of the molecule is Cc1ccc2nc(COCC(=O)N[C@@H]3CCC[C@@H](n4ccnc4)[C@@H]3O)[nH]c2c1. The molecule has 0 aliphatic heterocycles. The van der Waals surface area contributed by atoms with Crippen LogP contribution in [0.15, 0.2) is 36.9 Å². The number of imidazole rings is 2. The molecule has 2 aromatic heterocycles. The first-order chi connectivity index (χ1) is 13.6. The number of rotatable bonds is 6. The van der Waals surface area contributed by atoms with E-state index in [1.807, 2.05) is 35.9 Å². The summed E-state index contributed by atoms with van der Waals surface area (Å²) in [5.74, 6) is 0.452. The van der Waals surface area contributed by atoms with Crippen molar-refractivity contribution in [3.63, 3.8) is 0 Å². The number of amides is 1. The molecule has 0 radical (unpaired) electrons. The van der Waals surface area contributed by atoms with Crippen molar-refractivity contribution in [2.75, 3.05) is 6.61 Å². The van der Waals surface area contributed by atoms with Crippen LogP contribution in [0, 0.1) is 6.92 Å². The molecule has 1 saturated carbocycles. The van der Waals surface area contributed by atoms with Crippen LogP contribution in [0.25, 0.3) is 11.0 Å². The molecule has 3 aromatic rings. The van der Waals surface area contributed by atoms with E-state index in [0.29, 0.717) is 5.82 Å². The number of aliphatic hydroxyl groups is 1. The maximum atomic E-state index is 12.3. The van der Waals surface area contributed by atoms with Crippen molar-refractivity contribution in [2.45, 2.75) is 51.0 Å². The number of carbonyl (C=O) groups excluding carboxylic acids is 1. The predicted octanol–water partition coefficient (Wildman–Crippen LogP) is 1.86. The number of hydrogen-bond donors (Lipinski definition) is 3. The molecule has 3 atom stereocenters. The fourth-order valence-corrected chi connectivity index (χ4v) is 3.84. The minimum atomic E-state index is -0.648. The Kier molecular flexibility index (Phi) is 5.40. The van der Waals surface area contributed by atoms with Crippen LogP contribution in [0.4, 0.5) is 0 Å². The fraction of sp³-hybridized carbons (Fsp3) is 0.450. The average molecular weight is 383 g/mol. The number of aromatic amines is 1. The normalized spacial score (nSPS) is 22.4. The van der Waals surface area contributed by atoms with Gasteiger partial charge in [0.25, 0.3) is 0 Å². The van der Waals surface area contributed by atoms with Crippen molar-refractivity contribution in [3.8, 4) is 0 Å². The highest BCUT2D eigenvalue weighted by molar-refractivity contribution is 5.77. The highest BCUT2D eigenvalue weighted by Gasteiger charge is 2.33. The maximum Gasteiger partial charge on any atom is 0.246 e. The molecule has 8 heteroatoms. The number of aryl methyl sites for hydroxylation is 1. The lowest BCUT2D eigenvalue weighted by molar-refractivity contribution is -0.128. The zero-order valence-electron chi connectivity index (χ0n) is 15.8. The van der Waals surface area contributed by atoms with Gasteiger partial charge in [0, 0.05) is 12.4 Å². The minimum Gasteiger partial charge on any atom is -0.389 e. The Bertz CT molecular complexity index is 937. The van der Waals surface area contributed by atoms with E-state index in [2.05, 4.69) is 20.3 Å². The number of ether oxygens (including phenoxy) is 1. The molecule has 148 valence electrons. The van der Waals surface area contributed by atoms with Crippen LogP contribution in [0.3, 0.4) is 0 Å². The molecule has 1 aromatic carbocycles. The second-order valence-electron chi connectivity index (χ2n) is 7.37. The summed E-state index contributed by atoms with van der Waals surface area (Å²) >= 11 is 0. The van der Waals surface area contributed by atoms with Crippen molar-refractivity contribution >= 4 is 16.9 Å². The smallest absolute Gasteiger partial charge is 0.246 e. The Labute approximate surface area is 163 Å². The third-order valence-electron chi connectivity index (χ3n) is 5.23. The summed E-state index contributed by atoms with van der Waals surface area (Å²) < 4.78 is 7.42. The highest BCUT2D eigenvalue weighted by Crippen LogP contribution is 2.28. The van der Waals surface area contributed by atoms with Crippen LogP contribution in [-0.4, -0.2) is 49.3 Å². The van der Waals surface area contributed by atoms with Crippen LogP contribution < -0.4 is 5.32 Å². The highest BCUT2D eigenvalue weighted by atomic mass is 16.5. The molecule has 0 spiro atoms. The topological polar surface area (TPSA) is 105 Å². The Balaban J connectivity index is 1.28. The quantitative estimate of drug-likeness (QED) is 0.603. The molecule has 1 amide bonds. The van der Waals surface area contributed by atoms with Gasteiger partial charge in [-0.25, -0.2) is 9.97 Å². The lowest BCUT2D eigenvalue weighted by Gasteiger charge is -2.35. The molecular formula is C20H25N5O3. The monoisotopic (exact) mass is 383 g/mol. The Hall–Kier alpha value is -2.71. The van der Waals surface area contributed by atoms with Gasteiger partial charge in [-0.15, -0.1) is 0 Å². The number of H-pyrrole nitrogens is 1. The molecule has 2 heterocycles. The number of hydrogen-bond acceptors (Lipinski definition) is 5. The van der Waals surface area contributed by atoms with Gasteiger partial charge in [-0.3, -0.25) is 4.79 Å². The molecule has 1 fully saturated rings. The number of benzene rings is 1. The van der Waals surface area contributed by atoms with Gasteiger partial charge < -0.3 is 24.7 Å². The second-order valence-corrected chi connectivity index (χ2v) is 7.37. The Morgan fingerprint density at radius 1 is 1.43 bits per heavy atom. The van der Waals surface area contributed by atoms with E-state index in [-0.39, 0.29) is 31.2 Å². The van der Waals surface area contributed by atoms with Crippen LogP contribution in [0.1, 0.15) is 36.7 Å². The van der Waals surface area contributed by atoms with Gasteiger partial charge in [-0.1, -0.05) is 6.07 Å². The number of nitrogens with one attached hydrogen (secondary N) is 2. The van der Waals surface area contributed by atoms with Crippen molar-refractivity contribution in [2.24, 2.45) is 0 Å². The summed E-state index contributed by atoms with van der Waals surface area (Å²) in [6.45, 7) is 2.18. The molecule has 1 aliphatic rings. The third kappa shape index (κ3) is 4.07. The summed E-state index contributed by atoms with van der Waals surface area (Å²) in [4.78, 5) is 24.0. The van der Waals surface area contributed by atoms with Gasteiger partial charge in [0.2, 0.25) is 5.91 Å². The van der Waals surface area contributed by atoms with Gasteiger partial charge in [-0.05, 0) is 43.9 Å². The maximum absolute atomic E-state index is 12.3. The predicted molar refractivity (Wildman–Crippen MR) is 104 cm³/mol. The van der Waals surface area contributed by atoms with E-state index in [9.17, 15) is 9.90 Å². The second kappa shape index (κ2) is 8.12. The van der Waals surface area contributed by atoms with E-state index >= 15 is 0 Å². The number of carbonyl (C=O) groups is 1. The summed E-state index contributed by atoms with van der Waals surface area (Å²) in [6.07, 6.45) is 7.15. The average Bonchev–Trinajstić information content (AvgIpc) is 3.32. The Morgan fingerprint density at radius 2 is 2.32 bits per heavy atom. The summed E-state index contributed by atoms with van der Waals surface area (Å²) in [6, 6.07) is 5.64. The van der Waals surface area contributed by atoms with E-state index in [0.717, 1.165) is 35.9 Å². The van der Waals surface area contributed by atoms with Gasteiger partial charge in [-0.2, -0.15) is 0 Å². The zero-order valence-corrected chi connectivity index (χ0v) is 15.8. The summed E-state index contributed by atoms with van der Waals surface area (Å²) in [5.41, 5.74) is 2.99. The molecule has 0 unspecified atom stereocenters. The van der Waals surface area contributed by atoms with Gasteiger partial charge >= 0.3 is 0 Å². The number of aromatic nitrogens is 4. The molecular weight excluding hydrogens is 358 g/mol. The van der Waals surface area contributed by atoms with Crippen molar-refractivity contribution in [3.05, 3.63) is 48.3 Å². The largest absolute Gasteiger partial charge is 0.389 e. The molecule has 28 heavy (non-hydrogen) atoms. The first-order valence-corrected chi connectivity index (χ1v) is 9.58. The van der Waals surface area contributed by atoms with Crippen LogP contribution in [-0.2, 0) is 16.1 Å². The van der Waals surface area contributed by atoms with Crippen molar-refractivity contribution < 1.29 is 14.6 Å². The Morgan fingerprint density at radius 3 is 3.14 bits per heavy atom. The molecule has 0 bridgehead atoms. The standard InChI is InChI=1S/C20H25N5O3/c1-13-5-6-14-16(9-13)23-18(22-14)10-28-11-19(26)24-15-3-2-4-17(20(15)27)25-8-7-21-12-25/h5-9,12,15,17,20,27H,2-4,10-11H2,1H3,(H,22,23)(H,24,26)/t15-,17-,20-/m1/s1. The van der Waals surface area contributed by atoms with Crippen LogP contribution >= 0.6 is 0 Å². The molecule has 8 nitrogen and oxygen atoms in total. The summed E-state index contributed by atoms with van der Waals surface area (Å²) in [5, 5.41) is 13.5. The lowest BCUT2D eigenvalue weighted by Crippen LogP contribution is -2.50. The first-order valence-electron chi connectivity index (χ1n) is 9.58. The minimum absolute atomic E-state index is 0.0681. The van der Waals surface area contributed by atoms with Gasteiger partial charge in [0.1, 0.15) is 19.0 Å². The number of nitrogens with zero attached hydrogens (tertiary/aromatic N) is 3. The summed E-state index contributed by atoms with van der Waals surface area (Å²) in [7, 11) is 0. The molecule has 0 saturated heterocycles. The van der Waals surface area contributed by atoms with E-state index in [1.165, 1.54) is 0 Å². The van der Waals surface area contributed by atoms with Gasteiger partial charge in [0.05, 0.1) is 35.5 Å². The van der Waals surface area contributed by atoms with Crippen LogP contribution in [0.2, 0.25) is 0 Å². The van der Waals surface area contributed by atoms with E-state index in [1.54, 1.807) is 12.5 Å². The number of fused-ring (bicyclic) bond motifs is 1. The van der Waals surface area contributed by atoms with Crippen molar-refractivity contribution in [1.82, 2.24) is 24.8 Å². The van der Waals surface area contributed by atoms with Gasteiger partial charge in [0.15, 0.2) is 0 Å². The first kappa shape index (κ1) is 18.6. The third-order valence-corrected chi connectivity index (χ3v) is 5.23. The van der Waals surface area contributed by atoms with E-state index in [4.69, 9.17) is 4.74 Å². The lowest BCUT2D eigenvalue weighted by atomic mass is 9.88. The van der Waals surface area contributed by atoms with Crippen molar-refractivity contribution in [1.29, 1.82) is 0 Å². The fourth-order valence-electron chi connectivity index (χ4n) is 3.84. The molecule has 1 aliphatic carbocycles. The van der Waals surface area contributed by atoms with Crippen LogP contribution in [0.5, 0.6) is 0 Å². The number of aliphatic hydroxyl groups excluding tert-OH is 1. The van der Waals surface area contributed by atoms with E-state index < -0.39 is 6.10 Å². The molecule has 4 rings (SSSR count).